The van der Waals surface area contributed by atoms with Crippen LogP contribution in [0.1, 0.15) is 40.3 Å². The van der Waals surface area contributed by atoms with Gasteiger partial charge >= 0.3 is 12.1 Å². The third-order valence-corrected chi connectivity index (χ3v) is 5.50. The number of fused-ring (bicyclic) bond motifs is 1. The van der Waals surface area contributed by atoms with Gasteiger partial charge in [0.15, 0.2) is 5.78 Å². The van der Waals surface area contributed by atoms with Crippen LogP contribution in [0.25, 0.3) is 10.9 Å². The third-order valence-electron chi connectivity index (χ3n) is 4.85. The number of aromatic nitrogens is 1. The van der Waals surface area contributed by atoms with Crippen LogP contribution < -0.4 is 4.90 Å². The fourth-order valence-corrected chi connectivity index (χ4v) is 4.22. The Balaban J connectivity index is 2.20. The van der Waals surface area contributed by atoms with Gasteiger partial charge in [0.05, 0.1) is 28.9 Å². The summed E-state index contributed by atoms with van der Waals surface area (Å²) < 4.78 is 10.2. The van der Waals surface area contributed by atoms with Crippen molar-refractivity contribution in [3.63, 3.8) is 0 Å². The van der Waals surface area contributed by atoms with Gasteiger partial charge in [0.2, 0.25) is 0 Å². The number of carbonyl (C=O) groups excluding carboxylic acids is 3. The lowest BCUT2D eigenvalue weighted by atomic mass is 10.00. The van der Waals surface area contributed by atoms with Crippen LogP contribution in [0.5, 0.6) is 0 Å². The van der Waals surface area contributed by atoms with E-state index in [1.807, 2.05) is 6.07 Å². The molecule has 0 aliphatic heterocycles. The van der Waals surface area contributed by atoms with E-state index in [0.29, 0.717) is 22.0 Å². The lowest BCUT2D eigenvalue weighted by Crippen LogP contribution is -2.27. The third kappa shape index (κ3) is 4.59. The van der Waals surface area contributed by atoms with Crippen molar-refractivity contribution in [3.05, 3.63) is 63.3 Å². The molecule has 1 aromatic heterocycles. The number of amides is 1. The van der Waals surface area contributed by atoms with E-state index in [4.69, 9.17) is 32.7 Å². The molecule has 168 valence electrons. The molecule has 1 N–H and O–H groups in total. The first-order valence-corrected chi connectivity index (χ1v) is 10.7. The second-order valence-corrected chi connectivity index (χ2v) is 7.65. The van der Waals surface area contributed by atoms with Gasteiger partial charge in [-0.15, -0.1) is 0 Å². The average molecular weight is 477 g/mol. The van der Waals surface area contributed by atoms with Gasteiger partial charge in [0.25, 0.3) is 0 Å². The first-order valence-electron chi connectivity index (χ1n) is 9.98. The summed E-state index contributed by atoms with van der Waals surface area (Å²) in [5.41, 5.74) is 1.63. The summed E-state index contributed by atoms with van der Waals surface area (Å²) in [4.78, 5) is 42.0. The van der Waals surface area contributed by atoms with Crippen molar-refractivity contribution >= 4 is 57.6 Å². The van der Waals surface area contributed by atoms with Crippen LogP contribution in [-0.2, 0) is 15.9 Å². The number of rotatable bonds is 7. The minimum atomic E-state index is -0.640. The lowest BCUT2D eigenvalue weighted by molar-refractivity contribution is 0.0519. The number of ether oxygens (including phenoxy) is 2. The first-order chi connectivity index (χ1) is 15.3. The van der Waals surface area contributed by atoms with Gasteiger partial charge in [-0.1, -0.05) is 53.5 Å². The molecule has 0 spiro atoms. The summed E-state index contributed by atoms with van der Waals surface area (Å²) in [6.07, 6.45) is -0.749. The number of aromatic amines is 1. The number of Topliss-reactive ketones (excluding diaryl/α,β-unsaturated/α-hetero) is 1. The van der Waals surface area contributed by atoms with E-state index < -0.39 is 12.1 Å². The van der Waals surface area contributed by atoms with E-state index >= 15 is 0 Å². The molecule has 0 aliphatic carbocycles. The number of benzene rings is 2. The Hall–Kier alpha value is -3.03. The fraction of sp³-hybridized carbons (Fsp3) is 0.261. The van der Waals surface area contributed by atoms with Crippen LogP contribution in [-0.4, -0.2) is 43.1 Å². The van der Waals surface area contributed by atoms with E-state index in [0.717, 1.165) is 0 Å². The minimum Gasteiger partial charge on any atom is -0.461 e. The molecular formula is C23H22Cl2N2O5. The highest BCUT2D eigenvalue weighted by Crippen LogP contribution is 2.42. The molecule has 9 heteroatoms. The molecule has 0 atom stereocenters. The van der Waals surface area contributed by atoms with E-state index in [-0.39, 0.29) is 46.8 Å². The minimum absolute atomic E-state index is 0.109. The molecule has 7 nitrogen and oxygen atoms in total. The molecule has 2 aromatic carbocycles. The molecule has 3 aromatic rings. The Morgan fingerprint density at radius 2 is 1.69 bits per heavy atom. The number of nitrogens with zero attached hydrogens (tertiary/aromatic N) is 1. The zero-order chi connectivity index (χ0) is 23.4. The molecule has 0 aliphatic rings. The van der Waals surface area contributed by atoms with E-state index in [2.05, 4.69) is 4.98 Å². The monoisotopic (exact) mass is 476 g/mol. The number of carbonyl (C=O) groups is 3. The standard InChI is InChI=1S/C23H22Cl2N2O5/c1-4-31-22(29)20-14(11-17(28)13-9-7-6-8-10-13)18-16(26-20)12-15(24)21(19(18)25)27(3)23(30)32-5-2/h6-10,12,26H,4-5,11H2,1-3H3. The maximum Gasteiger partial charge on any atom is 0.414 e. The molecule has 0 saturated carbocycles. The fourth-order valence-electron chi connectivity index (χ4n) is 3.40. The maximum absolute atomic E-state index is 13.0. The largest absolute Gasteiger partial charge is 0.461 e. The first kappa shape index (κ1) is 23.6. The number of esters is 1. The van der Waals surface area contributed by atoms with Crippen molar-refractivity contribution in [2.75, 3.05) is 25.2 Å². The number of halogens is 2. The van der Waals surface area contributed by atoms with E-state index in [1.165, 1.54) is 11.9 Å². The molecule has 0 radical (unpaired) electrons. The highest BCUT2D eigenvalue weighted by atomic mass is 35.5. The van der Waals surface area contributed by atoms with Crippen molar-refractivity contribution < 1.29 is 23.9 Å². The number of anilines is 1. The van der Waals surface area contributed by atoms with Crippen molar-refractivity contribution in [2.45, 2.75) is 20.3 Å². The Labute approximate surface area is 195 Å². The van der Waals surface area contributed by atoms with Crippen LogP contribution in [0.2, 0.25) is 10.0 Å². The Bertz CT molecular complexity index is 1170. The summed E-state index contributed by atoms with van der Waals surface area (Å²) in [6.45, 7) is 3.70. The van der Waals surface area contributed by atoms with Crippen molar-refractivity contribution in [3.8, 4) is 0 Å². The molecule has 1 amide bonds. The second kappa shape index (κ2) is 10.1. The zero-order valence-corrected chi connectivity index (χ0v) is 19.3. The number of hydrogen-bond donors (Lipinski definition) is 1. The zero-order valence-electron chi connectivity index (χ0n) is 17.8. The number of nitrogens with one attached hydrogen (secondary N) is 1. The Kier molecular flexibility index (Phi) is 7.43. The summed E-state index contributed by atoms with van der Waals surface area (Å²) in [5, 5.41) is 0.705. The van der Waals surface area contributed by atoms with Crippen molar-refractivity contribution in [1.82, 2.24) is 4.98 Å². The van der Waals surface area contributed by atoms with E-state index in [9.17, 15) is 14.4 Å². The number of hydrogen-bond acceptors (Lipinski definition) is 5. The molecule has 3 rings (SSSR count). The molecular weight excluding hydrogens is 455 g/mol. The summed E-state index contributed by atoms with van der Waals surface area (Å²) in [6, 6.07) is 10.3. The van der Waals surface area contributed by atoms with Gasteiger partial charge in [0, 0.05) is 35.5 Å². The number of H-pyrrole nitrogens is 1. The second-order valence-electron chi connectivity index (χ2n) is 6.87. The van der Waals surface area contributed by atoms with Gasteiger partial charge in [-0.3, -0.25) is 9.69 Å². The summed E-state index contributed by atoms with van der Waals surface area (Å²) in [7, 11) is 1.48. The predicted molar refractivity (Wildman–Crippen MR) is 124 cm³/mol. The molecule has 1 heterocycles. The van der Waals surface area contributed by atoms with E-state index in [1.54, 1.807) is 44.2 Å². The molecule has 0 unspecified atom stereocenters. The smallest absolute Gasteiger partial charge is 0.414 e. The highest BCUT2D eigenvalue weighted by Gasteiger charge is 2.27. The quantitative estimate of drug-likeness (QED) is 0.350. The van der Waals surface area contributed by atoms with Crippen molar-refractivity contribution in [1.29, 1.82) is 0 Å². The van der Waals surface area contributed by atoms with Gasteiger partial charge < -0.3 is 14.5 Å². The SMILES string of the molecule is CCOC(=O)c1[nH]c2cc(Cl)c(N(C)C(=O)OCC)c(Cl)c2c1CC(=O)c1ccccc1. The lowest BCUT2D eigenvalue weighted by Gasteiger charge is -2.20. The van der Waals surface area contributed by atoms with Gasteiger partial charge in [-0.05, 0) is 19.9 Å². The van der Waals surface area contributed by atoms with Crippen LogP contribution in [0.15, 0.2) is 36.4 Å². The highest BCUT2D eigenvalue weighted by molar-refractivity contribution is 6.44. The molecule has 0 bridgehead atoms. The predicted octanol–water partition coefficient (Wildman–Crippen LogP) is 5.67. The van der Waals surface area contributed by atoms with Crippen molar-refractivity contribution in [2.24, 2.45) is 0 Å². The Morgan fingerprint density at radius 1 is 1.03 bits per heavy atom. The normalized spacial score (nSPS) is 10.8. The van der Waals surface area contributed by atoms with Crippen LogP contribution in [0.4, 0.5) is 10.5 Å². The summed E-state index contributed by atoms with van der Waals surface area (Å²) in [5.74, 6) is -0.824. The van der Waals surface area contributed by atoms with Crippen LogP contribution >= 0.6 is 23.2 Å². The van der Waals surface area contributed by atoms with Gasteiger partial charge in [0.1, 0.15) is 5.69 Å². The van der Waals surface area contributed by atoms with Crippen LogP contribution in [0, 0.1) is 0 Å². The van der Waals surface area contributed by atoms with Gasteiger partial charge in [-0.2, -0.15) is 0 Å². The topological polar surface area (TPSA) is 88.7 Å². The summed E-state index contributed by atoms with van der Waals surface area (Å²) >= 11 is 13.1. The maximum atomic E-state index is 13.0. The van der Waals surface area contributed by atoms with Crippen LogP contribution in [0.3, 0.4) is 0 Å². The molecule has 32 heavy (non-hydrogen) atoms. The Morgan fingerprint density at radius 3 is 2.31 bits per heavy atom. The molecule has 0 saturated heterocycles. The number of ketones is 1. The average Bonchev–Trinajstić information content (AvgIpc) is 3.12. The van der Waals surface area contributed by atoms with Gasteiger partial charge in [-0.25, -0.2) is 9.59 Å². The molecule has 0 fully saturated rings.